The quantitative estimate of drug-likeness (QED) is 0.808. The van der Waals surface area contributed by atoms with E-state index in [1.54, 1.807) is 0 Å². The summed E-state index contributed by atoms with van der Waals surface area (Å²) in [5.74, 6) is -0.228. The van der Waals surface area contributed by atoms with E-state index in [0.29, 0.717) is 0 Å². The lowest BCUT2D eigenvalue weighted by molar-refractivity contribution is -0.125. The molecule has 1 saturated heterocycles. The van der Waals surface area contributed by atoms with Crippen LogP contribution >= 0.6 is 0 Å². The van der Waals surface area contributed by atoms with Gasteiger partial charge in [0.1, 0.15) is 5.54 Å². The van der Waals surface area contributed by atoms with E-state index in [0.717, 1.165) is 39.0 Å². The van der Waals surface area contributed by atoms with Gasteiger partial charge in [0.05, 0.1) is 0 Å². The number of amides is 1. The van der Waals surface area contributed by atoms with Crippen molar-refractivity contribution in [2.45, 2.75) is 18.4 Å². The first kappa shape index (κ1) is 15.8. The van der Waals surface area contributed by atoms with Crippen LogP contribution in [0, 0.1) is 0 Å². The zero-order valence-electron chi connectivity index (χ0n) is 13.0. The fraction of sp³-hybridized carbons (Fsp3) is 0.562. The van der Waals surface area contributed by atoms with E-state index in [4.69, 9.17) is 5.73 Å². The van der Waals surface area contributed by atoms with Gasteiger partial charge in [-0.05, 0) is 39.1 Å². The predicted octanol–water partition coefficient (Wildman–Crippen LogP) is 0.662. The van der Waals surface area contributed by atoms with Crippen LogP contribution in [-0.4, -0.2) is 56.6 Å². The number of primary amides is 1. The highest BCUT2D eigenvalue weighted by atomic mass is 16.1. The first-order valence-electron chi connectivity index (χ1n) is 7.53. The number of likely N-dealkylation sites (N-methyl/N-ethyl adjacent to an activating group) is 1. The Morgan fingerprint density at radius 3 is 2.43 bits per heavy atom. The molecule has 1 fully saturated rings. The van der Waals surface area contributed by atoms with E-state index in [-0.39, 0.29) is 5.91 Å². The second-order valence-electron chi connectivity index (χ2n) is 6.00. The van der Waals surface area contributed by atoms with Crippen LogP contribution in [-0.2, 0) is 4.79 Å². The highest BCUT2D eigenvalue weighted by molar-refractivity contribution is 5.85. The number of para-hydroxylation sites is 1. The van der Waals surface area contributed by atoms with E-state index < -0.39 is 5.54 Å². The molecule has 0 radical (unpaired) electrons. The molecule has 3 N–H and O–H groups in total. The van der Waals surface area contributed by atoms with Gasteiger partial charge in [0, 0.05) is 31.9 Å². The zero-order valence-corrected chi connectivity index (χ0v) is 13.0. The number of hydrogen-bond acceptors (Lipinski definition) is 4. The molecule has 0 unspecified atom stereocenters. The van der Waals surface area contributed by atoms with E-state index in [9.17, 15) is 4.79 Å². The number of hydrogen-bond donors (Lipinski definition) is 2. The summed E-state index contributed by atoms with van der Waals surface area (Å²) in [5.41, 5.74) is 6.33. The zero-order chi connectivity index (χ0) is 15.3. The third-order valence-electron chi connectivity index (χ3n) is 4.23. The highest BCUT2D eigenvalue weighted by Gasteiger charge is 2.39. The number of benzene rings is 1. The number of anilines is 1. The van der Waals surface area contributed by atoms with Crippen molar-refractivity contribution in [1.29, 1.82) is 0 Å². The van der Waals surface area contributed by atoms with Gasteiger partial charge in [0.2, 0.25) is 5.91 Å². The van der Waals surface area contributed by atoms with Gasteiger partial charge in [-0.15, -0.1) is 0 Å². The summed E-state index contributed by atoms with van der Waals surface area (Å²) in [6.07, 6.45) is 1.51. The lowest BCUT2D eigenvalue weighted by atomic mass is 9.86. The number of carbonyl (C=O) groups excluding carboxylic acids is 1. The molecule has 0 bridgehead atoms. The van der Waals surface area contributed by atoms with E-state index in [1.165, 1.54) is 5.69 Å². The molecule has 0 spiro atoms. The molecule has 5 heteroatoms. The Balaban J connectivity index is 1.96. The van der Waals surface area contributed by atoms with E-state index >= 15 is 0 Å². The van der Waals surface area contributed by atoms with Crippen LogP contribution in [0.5, 0.6) is 0 Å². The molecule has 1 aliphatic heterocycles. The average molecular weight is 290 g/mol. The van der Waals surface area contributed by atoms with Gasteiger partial charge < -0.3 is 20.9 Å². The minimum atomic E-state index is -0.554. The summed E-state index contributed by atoms with van der Waals surface area (Å²) in [4.78, 5) is 16.3. The molecule has 0 aromatic heterocycles. The topological polar surface area (TPSA) is 61.6 Å². The smallest absolute Gasteiger partial charge is 0.237 e. The maximum atomic E-state index is 11.9. The number of carbonyl (C=O) groups is 1. The van der Waals surface area contributed by atoms with Crippen LogP contribution in [0.15, 0.2) is 30.3 Å². The van der Waals surface area contributed by atoms with Gasteiger partial charge in [0.25, 0.3) is 0 Å². The van der Waals surface area contributed by atoms with Crippen LogP contribution in [0.2, 0.25) is 0 Å². The summed E-state index contributed by atoms with van der Waals surface area (Å²) >= 11 is 0. The molecule has 0 atom stereocenters. The summed E-state index contributed by atoms with van der Waals surface area (Å²) in [6.45, 7) is 3.38. The lowest BCUT2D eigenvalue weighted by Crippen LogP contribution is -2.61. The first-order valence-corrected chi connectivity index (χ1v) is 7.53. The molecular formula is C16H26N4O. The molecular weight excluding hydrogens is 264 g/mol. The average Bonchev–Trinajstić information content (AvgIpc) is 2.48. The Morgan fingerprint density at radius 1 is 1.29 bits per heavy atom. The van der Waals surface area contributed by atoms with Gasteiger partial charge in [-0.3, -0.25) is 4.79 Å². The molecule has 0 saturated carbocycles. The fourth-order valence-corrected chi connectivity index (χ4v) is 2.81. The van der Waals surface area contributed by atoms with Gasteiger partial charge in [-0.2, -0.15) is 0 Å². The Kier molecular flexibility index (Phi) is 5.20. The van der Waals surface area contributed by atoms with Gasteiger partial charge in [0.15, 0.2) is 0 Å². The van der Waals surface area contributed by atoms with Crippen LogP contribution in [0.3, 0.4) is 0 Å². The minimum absolute atomic E-state index is 0.228. The molecule has 1 aromatic rings. The maximum absolute atomic E-state index is 11.9. The molecule has 0 aliphatic carbocycles. The highest BCUT2D eigenvalue weighted by Crippen LogP contribution is 2.26. The summed E-state index contributed by atoms with van der Waals surface area (Å²) in [7, 11) is 4.05. The third-order valence-corrected chi connectivity index (χ3v) is 4.23. The Labute approximate surface area is 127 Å². The van der Waals surface area contributed by atoms with Crippen molar-refractivity contribution < 1.29 is 4.79 Å². The summed E-state index contributed by atoms with van der Waals surface area (Å²) in [5, 5.41) is 3.40. The Bertz CT molecular complexity index is 453. The second kappa shape index (κ2) is 6.91. The molecule has 1 amide bonds. The second-order valence-corrected chi connectivity index (χ2v) is 6.00. The molecule has 1 aromatic carbocycles. The van der Waals surface area contributed by atoms with Gasteiger partial charge in [-0.1, -0.05) is 18.2 Å². The standard InChI is InChI=1S/C16H26N4O/c1-19(2)13-10-18-16(15(17)21)8-11-20(12-9-16)14-6-4-3-5-7-14/h3-7,18H,8-13H2,1-2H3,(H2,17,21). The lowest BCUT2D eigenvalue weighted by Gasteiger charge is -2.41. The van der Waals surface area contributed by atoms with Gasteiger partial charge >= 0.3 is 0 Å². The molecule has 5 nitrogen and oxygen atoms in total. The fourth-order valence-electron chi connectivity index (χ4n) is 2.81. The summed E-state index contributed by atoms with van der Waals surface area (Å²) < 4.78 is 0. The maximum Gasteiger partial charge on any atom is 0.237 e. The van der Waals surface area contributed by atoms with Crippen molar-refractivity contribution >= 4 is 11.6 Å². The van der Waals surface area contributed by atoms with Crippen molar-refractivity contribution in [3.8, 4) is 0 Å². The first-order chi connectivity index (χ1) is 10.0. The van der Waals surface area contributed by atoms with Crippen LogP contribution in [0.25, 0.3) is 0 Å². The van der Waals surface area contributed by atoms with Crippen molar-refractivity contribution in [2.24, 2.45) is 5.73 Å². The SMILES string of the molecule is CN(C)CCNC1(C(N)=O)CCN(c2ccccc2)CC1. The number of nitrogens with zero attached hydrogens (tertiary/aromatic N) is 2. The third kappa shape index (κ3) is 3.95. The number of piperidine rings is 1. The van der Waals surface area contributed by atoms with Crippen LogP contribution < -0.4 is 16.0 Å². The Morgan fingerprint density at radius 2 is 1.90 bits per heavy atom. The largest absolute Gasteiger partial charge is 0.371 e. The van der Waals surface area contributed by atoms with Crippen molar-refractivity contribution in [1.82, 2.24) is 10.2 Å². The number of nitrogens with one attached hydrogen (secondary N) is 1. The van der Waals surface area contributed by atoms with E-state index in [2.05, 4.69) is 27.2 Å². The normalized spacial score (nSPS) is 18.0. The number of rotatable bonds is 6. The van der Waals surface area contributed by atoms with Crippen LogP contribution in [0.1, 0.15) is 12.8 Å². The minimum Gasteiger partial charge on any atom is -0.371 e. The monoisotopic (exact) mass is 290 g/mol. The molecule has 21 heavy (non-hydrogen) atoms. The van der Waals surface area contributed by atoms with Crippen molar-refractivity contribution in [3.05, 3.63) is 30.3 Å². The molecule has 2 rings (SSSR count). The van der Waals surface area contributed by atoms with Crippen molar-refractivity contribution in [3.63, 3.8) is 0 Å². The molecule has 116 valence electrons. The molecule has 1 heterocycles. The predicted molar refractivity (Wildman–Crippen MR) is 86.4 cm³/mol. The summed E-state index contributed by atoms with van der Waals surface area (Å²) in [6, 6.07) is 10.3. The Hall–Kier alpha value is -1.59. The number of nitrogens with two attached hydrogens (primary N) is 1. The van der Waals surface area contributed by atoms with Gasteiger partial charge in [-0.25, -0.2) is 0 Å². The molecule has 1 aliphatic rings. The van der Waals surface area contributed by atoms with E-state index in [1.807, 2.05) is 32.3 Å². The van der Waals surface area contributed by atoms with Crippen molar-refractivity contribution in [2.75, 3.05) is 45.2 Å². The van der Waals surface area contributed by atoms with Crippen LogP contribution in [0.4, 0.5) is 5.69 Å².